The molecule has 0 saturated carbocycles. The maximum Gasteiger partial charge on any atom is 0.0973 e. The summed E-state index contributed by atoms with van der Waals surface area (Å²) in [6.07, 6.45) is 0. The van der Waals surface area contributed by atoms with Gasteiger partial charge in [0.05, 0.1) is 44.8 Å². The van der Waals surface area contributed by atoms with Gasteiger partial charge in [-0.2, -0.15) is 0 Å². The summed E-state index contributed by atoms with van der Waals surface area (Å²) in [7, 11) is 0. The van der Waals surface area contributed by atoms with Crippen molar-refractivity contribution in [2.75, 3.05) is 0 Å². The molecule has 4 nitrogen and oxygen atoms in total. The summed E-state index contributed by atoms with van der Waals surface area (Å²) in [6.45, 7) is 0. The molecule has 0 bridgehead atoms. The summed E-state index contributed by atoms with van der Waals surface area (Å²) < 4.78 is 2.38. The van der Waals surface area contributed by atoms with Crippen LogP contribution >= 0.6 is 0 Å². The fraction of sp³-hybridized carbons (Fsp3) is 0. The van der Waals surface area contributed by atoms with E-state index in [1.807, 2.05) is 30.3 Å². The second-order valence-corrected chi connectivity index (χ2v) is 14.8. The predicted octanol–water partition coefficient (Wildman–Crippen LogP) is 14.1. The Morgan fingerprint density at radius 1 is 0.271 bits per heavy atom. The van der Waals surface area contributed by atoms with Gasteiger partial charge in [-0.3, -0.25) is 0 Å². The molecule has 59 heavy (non-hydrogen) atoms. The predicted molar refractivity (Wildman–Crippen MR) is 244 cm³/mol. The van der Waals surface area contributed by atoms with Gasteiger partial charge in [0.2, 0.25) is 0 Å². The Hall–Kier alpha value is -7.95. The minimum absolute atomic E-state index is 0.859. The molecule has 276 valence electrons. The Morgan fingerprint density at radius 3 is 1.39 bits per heavy atom. The topological polar surface area (TPSA) is 43.6 Å². The van der Waals surface area contributed by atoms with Crippen LogP contribution in [0.15, 0.2) is 218 Å². The summed E-state index contributed by atoms with van der Waals surface area (Å²) >= 11 is 0. The second-order valence-electron chi connectivity index (χ2n) is 14.8. The number of pyridine rings is 1. The van der Waals surface area contributed by atoms with E-state index in [9.17, 15) is 0 Å². The van der Waals surface area contributed by atoms with Crippen molar-refractivity contribution in [2.24, 2.45) is 0 Å². The van der Waals surface area contributed by atoms with Gasteiger partial charge in [0.15, 0.2) is 0 Å². The lowest BCUT2D eigenvalue weighted by Crippen LogP contribution is -1.96. The molecule has 0 radical (unpaired) electrons. The molecule has 3 heterocycles. The molecule has 3 aromatic heterocycles. The first kappa shape index (κ1) is 34.3. The molecule has 0 unspecified atom stereocenters. The number of rotatable bonds is 7. The Balaban J connectivity index is 1.01. The highest BCUT2D eigenvalue weighted by molar-refractivity contribution is 6.10. The lowest BCUT2D eigenvalue weighted by molar-refractivity contribution is 1.18. The Morgan fingerprint density at radius 2 is 0.746 bits per heavy atom. The van der Waals surface area contributed by atoms with E-state index in [1.165, 1.54) is 10.8 Å². The highest BCUT2D eigenvalue weighted by Crippen LogP contribution is 2.38. The van der Waals surface area contributed by atoms with Crippen LogP contribution in [-0.4, -0.2) is 19.5 Å². The largest absolute Gasteiger partial charge is 0.309 e. The molecule has 0 amide bonds. The van der Waals surface area contributed by atoms with Gasteiger partial charge in [0, 0.05) is 38.7 Å². The third kappa shape index (κ3) is 6.34. The van der Waals surface area contributed by atoms with Crippen molar-refractivity contribution in [3.05, 3.63) is 218 Å². The van der Waals surface area contributed by atoms with Gasteiger partial charge in [-0.25, -0.2) is 15.0 Å². The molecule has 0 spiro atoms. The molecule has 4 heteroatoms. The van der Waals surface area contributed by atoms with Crippen molar-refractivity contribution in [3.8, 4) is 73.0 Å². The van der Waals surface area contributed by atoms with Crippen LogP contribution in [0.5, 0.6) is 0 Å². The number of nitrogens with zero attached hydrogens (tertiary/aromatic N) is 4. The molecule has 11 aromatic rings. The summed E-state index contributed by atoms with van der Waals surface area (Å²) in [5.74, 6) is 0. The van der Waals surface area contributed by atoms with Gasteiger partial charge in [-0.05, 0) is 70.8 Å². The normalized spacial score (nSPS) is 11.4. The molecule has 0 N–H and O–H groups in total. The molecular formula is C55H36N4. The van der Waals surface area contributed by atoms with Crippen LogP contribution < -0.4 is 0 Å². The Bertz CT molecular complexity index is 3230. The zero-order valence-electron chi connectivity index (χ0n) is 32.1. The maximum atomic E-state index is 5.28. The molecule has 0 fully saturated rings. The molecule has 0 atom stereocenters. The van der Waals surface area contributed by atoms with Gasteiger partial charge < -0.3 is 4.57 Å². The van der Waals surface area contributed by atoms with Crippen LogP contribution in [0.3, 0.4) is 0 Å². The van der Waals surface area contributed by atoms with Crippen molar-refractivity contribution < 1.29 is 0 Å². The maximum absolute atomic E-state index is 5.28. The minimum atomic E-state index is 0.859. The molecule has 8 aromatic carbocycles. The number of para-hydroxylation sites is 1. The van der Waals surface area contributed by atoms with Crippen molar-refractivity contribution >= 4 is 32.8 Å². The first-order valence-electron chi connectivity index (χ1n) is 19.9. The van der Waals surface area contributed by atoms with Gasteiger partial charge in [-0.1, -0.05) is 170 Å². The number of hydrogen-bond donors (Lipinski definition) is 0. The zero-order valence-corrected chi connectivity index (χ0v) is 32.1. The number of fused-ring (bicyclic) bond motifs is 4. The second kappa shape index (κ2) is 14.5. The fourth-order valence-corrected chi connectivity index (χ4v) is 8.27. The Kier molecular flexibility index (Phi) is 8.45. The van der Waals surface area contributed by atoms with Gasteiger partial charge >= 0.3 is 0 Å². The SMILES string of the molecule is c1ccc(-c2cc(-c3ccccc3)nc(-c3ccc(-n4c5ccccc5c5ccc(-c6ccc7nc(-c8ccccc8)c(-c8ccccc8)nc7c6)cc54)cc3)c2)cc1. The molecule has 0 saturated heterocycles. The minimum Gasteiger partial charge on any atom is -0.309 e. The summed E-state index contributed by atoms with van der Waals surface area (Å²) in [5, 5.41) is 2.42. The van der Waals surface area contributed by atoms with E-state index in [0.717, 1.165) is 95.0 Å². The van der Waals surface area contributed by atoms with Crippen molar-refractivity contribution in [2.45, 2.75) is 0 Å². The quantitative estimate of drug-likeness (QED) is 0.163. The lowest BCUT2D eigenvalue weighted by Gasteiger charge is -2.13. The van der Waals surface area contributed by atoms with Crippen LogP contribution in [-0.2, 0) is 0 Å². The van der Waals surface area contributed by atoms with Crippen molar-refractivity contribution in [1.82, 2.24) is 19.5 Å². The lowest BCUT2D eigenvalue weighted by atomic mass is 10.00. The first-order valence-corrected chi connectivity index (χ1v) is 19.9. The van der Waals surface area contributed by atoms with E-state index < -0.39 is 0 Å². The average Bonchev–Trinajstić information content (AvgIpc) is 3.65. The number of hydrogen-bond acceptors (Lipinski definition) is 3. The highest BCUT2D eigenvalue weighted by atomic mass is 15.0. The number of aromatic nitrogens is 4. The summed E-state index contributed by atoms with van der Waals surface area (Å²) in [5.41, 5.74) is 17.5. The smallest absolute Gasteiger partial charge is 0.0973 e. The monoisotopic (exact) mass is 752 g/mol. The standard InChI is InChI=1S/C55H36N4/c1-5-15-37(16-6-1)44-34-49(38-17-7-2-8-18-38)56-50(35-44)39-25-29-45(30-26-39)59-52-24-14-13-23-46(52)47-31-27-43(36-53(47)59)42-28-32-48-51(33-42)58-55(41-21-11-4-12-22-41)54(57-48)40-19-9-3-10-20-40/h1-36H. The van der Waals surface area contributed by atoms with E-state index in [1.54, 1.807) is 0 Å². The molecule has 0 aliphatic carbocycles. The first-order chi connectivity index (χ1) is 29.2. The van der Waals surface area contributed by atoms with E-state index in [0.29, 0.717) is 0 Å². The van der Waals surface area contributed by atoms with Crippen LogP contribution in [0.4, 0.5) is 0 Å². The van der Waals surface area contributed by atoms with Crippen LogP contribution in [0.2, 0.25) is 0 Å². The van der Waals surface area contributed by atoms with E-state index >= 15 is 0 Å². The van der Waals surface area contributed by atoms with Gasteiger partial charge in [-0.15, -0.1) is 0 Å². The van der Waals surface area contributed by atoms with Crippen LogP contribution in [0.25, 0.3) is 106 Å². The zero-order chi connectivity index (χ0) is 39.1. The number of benzene rings is 8. The van der Waals surface area contributed by atoms with Crippen LogP contribution in [0.1, 0.15) is 0 Å². The third-order valence-electron chi connectivity index (χ3n) is 11.2. The molecule has 0 aliphatic rings. The van der Waals surface area contributed by atoms with E-state index in [4.69, 9.17) is 15.0 Å². The molecular weight excluding hydrogens is 717 g/mol. The van der Waals surface area contributed by atoms with Crippen molar-refractivity contribution in [3.63, 3.8) is 0 Å². The van der Waals surface area contributed by atoms with Crippen molar-refractivity contribution in [1.29, 1.82) is 0 Å². The summed E-state index contributed by atoms with van der Waals surface area (Å²) in [4.78, 5) is 15.6. The van der Waals surface area contributed by atoms with E-state index in [-0.39, 0.29) is 0 Å². The van der Waals surface area contributed by atoms with Crippen LogP contribution in [0, 0.1) is 0 Å². The fourth-order valence-electron chi connectivity index (χ4n) is 8.27. The van der Waals surface area contributed by atoms with Gasteiger partial charge in [0.1, 0.15) is 0 Å². The highest BCUT2D eigenvalue weighted by Gasteiger charge is 2.17. The van der Waals surface area contributed by atoms with E-state index in [2.05, 4.69) is 193 Å². The summed E-state index contributed by atoms with van der Waals surface area (Å²) in [6, 6.07) is 76.7. The average molecular weight is 753 g/mol. The van der Waals surface area contributed by atoms with Gasteiger partial charge in [0.25, 0.3) is 0 Å². The Labute approximate surface area is 342 Å². The third-order valence-corrected chi connectivity index (χ3v) is 11.2. The molecule has 11 rings (SSSR count). The molecule has 0 aliphatic heterocycles.